The Kier molecular flexibility index (Phi) is 3.28. The van der Waals surface area contributed by atoms with Gasteiger partial charge in [-0.3, -0.25) is 4.79 Å². The third-order valence-electron chi connectivity index (χ3n) is 3.37. The Labute approximate surface area is 96.8 Å². The molecular weight excluding hydrogens is 198 g/mol. The maximum absolute atomic E-state index is 11.4. The highest BCUT2D eigenvalue weighted by molar-refractivity contribution is 5.95. The number of hydrogen-bond donors (Lipinski definition) is 1. The normalized spacial score (nSPS) is 16.1. The van der Waals surface area contributed by atoms with Crippen molar-refractivity contribution in [1.29, 1.82) is 0 Å². The van der Waals surface area contributed by atoms with Crippen LogP contribution in [0, 0.1) is 6.92 Å². The standard InChI is InChI=1S/C14H19NO/c1-10-8-11-6-4-2-3-5-7-12(11)13(9-10)14(15)16/h8-9H,2-7H2,1H3,(H2,15,16). The molecule has 2 heteroatoms. The van der Waals surface area contributed by atoms with E-state index in [9.17, 15) is 4.79 Å². The minimum absolute atomic E-state index is 0.277. The molecule has 0 spiro atoms. The van der Waals surface area contributed by atoms with Crippen LogP contribution >= 0.6 is 0 Å². The van der Waals surface area contributed by atoms with Gasteiger partial charge in [-0.2, -0.15) is 0 Å². The number of benzene rings is 1. The van der Waals surface area contributed by atoms with Crippen molar-refractivity contribution in [1.82, 2.24) is 0 Å². The first-order valence-corrected chi connectivity index (χ1v) is 6.10. The lowest BCUT2D eigenvalue weighted by Crippen LogP contribution is -2.16. The van der Waals surface area contributed by atoms with Crippen molar-refractivity contribution in [2.75, 3.05) is 0 Å². The van der Waals surface area contributed by atoms with E-state index in [0.717, 1.165) is 24.0 Å². The van der Waals surface area contributed by atoms with E-state index in [2.05, 4.69) is 6.07 Å². The van der Waals surface area contributed by atoms with E-state index in [0.29, 0.717) is 0 Å². The van der Waals surface area contributed by atoms with Crippen molar-refractivity contribution in [2.45, 2.75) is 45.4 Å². The zero-order valence-electron chi connectivity index (χ0n) is 9.88. The minimum Gasteiger partial charge on any atom is -0.366 e. The second kappa shape index (κ2) is 4.69. The Balaban J connectivity index is 2.48. The van der Waals surface area contributed by atoms with Crippen LogP contribution in [0.25, 0.3) is 0 Å². The maximum Gasteiger partial charge on any atom is 0.248 e. The van der Waals surface area contributed by atoms with E-state index in [1.54, 1.807) is 0 Å². The zero-order chi connectivity index (χ0) is 11.5. The smallest absolute Gasteiger partial charge is 0.248 e. The molecule has 2 N–H and O–H groups in total. The van der Waals surface area contributed by atoms with Crippen LogP contribution in [-0.2, 0) is 12.8 Å². The van der Waals surface area contributed by atoms with Gasteiger partial charge in [0.1, 0.15) is 0 Å². The largest absolute Gasteiger partial charge is 0.366 e. The Morgan fingerprint density at radius 3 is 2.50 bits per heavy atom. The highest BCUT2D eigenvalue weighted by atomic mass is 16.1. The number of aryl methyl sites for hydroxylation is 2. The van der Waals surface area contributed by atoms with Crippen LogP contribution in [0.3, 0.4) is 0 Å². The molecule has 0 fully saturated rings. The molecule has 1 amide bonds. The molecule has 16 heavy (non-hydrogen) atoms. The quantitative estimate of drug-likeness (QED) is 0.772. The first-order chi connectivity index (χ1) is 7.68. The van der Waals surface area contributed by atoms with Crippen molar-refractivity contribution >= 4 is 5.91 Å². The molecule has 0 radical (unpaired) electrons. The SMILES string of the molecule is Cc1cc2c(c(C(N)=O)c1)CCCCCC2. The number of primary amides is 1. The van der Waals surface area contributed by atoms with E-state index in [1.165, 1.54) is 36.8 Å². The highest BCUT2D eigenvalue weighted by Crippen LogP contribution is 2.24. The number of nitrogens with two attached hydrogens (primary N) is 1. The van der Waals surface area contributed by atoms with Crippen molar-refractivity contribution in [3.05, 3.63) is 34.4 Å². The summed E-state index contributed by atoms with van der Waals surface area (Å²) in [5.41, 5.74) is 9.90. The highest BCUT2D eigenvalue weighted by Gasteiger charge is 2.14. The predicted octanol–water partition coefficient (Wildman–Crippen LogP) is 2.75. The third kappa shape index (κ3) is 2.26. The molecule has 86 valence electrons. The van der Waals surface area contributed by atoms with E-state index < -0.39 is 0 Å². The Hall–Kier alpha value is -1.31. The molecule has 0 unspecified atom stereocenters. The monoisotopic (exact) mass is 217 g/mol. The van der Waals surface area contributed by atoms with Gasteiger partial charge in [-0.15, -0.1) is 0 Å². The lowest BCUT2D eigenvalue weighted by Gasteiger charge is -2.17. The Morgan fingerprint density at radius 1 is 1.12 bits per heavy atom. The number of rotatable bonds is 1. The van der Waals surface area contributed by atoms with E-state index in [1.807, 2.05) is 13.0 Å². The summed E-state index contributed by atoms with van der Waals surface area (Å²) in [6, 6.07) is 4.15. The zero-order valence-corrected chi connectivity index (χ0v) is 9.88. The molecule has 1 aliphatic carbocycles. The molecule has 1 aliphatic rings. The van der Waals surface area contributed by atoms with Gasteiger partial charge in [-0.05, 0) is 49.8 Å². The minimum atomic E-state index is -0.277. The number of amides is 1. The molecule has 0 saturated heterocycles. The fourth-order valence-corrected chi connectivity index (χ4v) is 2.60. The molecule has 1 aromatic rings. The van der Waals surface area contributed by atoms with Crippen LogP contribution < -0.4 is 5.73 Å². The summed E-state index contributed by atoms with van der Waals surface area (Å²) in [6.07, 6.45) is 7.08. The molecule has 1 aromatic carbocycles. The van der Waals surface area contributed by atoms with Gasteiger partial charge in [0.05, 0.1) is 0 Å². The average Bonchev–Trinajstić information content (AvgIpc) is 2.19. The molecule has 0 aromatic heterocycles. The molecule has 0 atom stereocenters. The van der Waals surface area contributed by atoms with Crippen LogP contribution in [0.1, 0.15) is 52.7 Å². The van der Waals surface area contributed by atoms with Gasteiger partial charge in [-0.1, -0.05) is 24.5 Å². The van der Waals surface area contributed by atoms with Gasteiger partial charge in [0.15, 0.2) is 0 Å². The van der Waals surface area contributed by atoms with Crippen LogP contribution in [0.4, 0.5) is 0 Å². The van der Waals surface area contributed by atoms with Crippen molar-refractivity contribution in [3.63, 3.8) is 0 Å². The van der Waals surface area contributed by atoms with Crippen molar-refractivity contribution in [3.8, 4) is 0 Å². The van der Waals surface area contributed by atoms with E-state index >= 15 is 0 Å². The lowest BCUT2D eigenvalue weighted by molar-refractivity contribution is 0.0999. The fraction of sp³-hybridized carbons (Fsp3) is 0.500. The van der Waals surface area contributed by atoms with Gasteiger partial charge in [-0.25, -0.2) is 0 Å². The molecule has 0 saturated carbocycles. The van der Waals surface area contributed by atoms with E-state index in [-0.39, 0.29) is 5.91 Å². The van der Waals surface area contributed by atoms with Crippen LogP contribution in [0.5, 0.6) is 0 Å². The molecule has 0 bridgehead atoms. The molecule has 2 rings (SSSR count). The van der Waals surface area contributed by atoms with Gasteiger partial charge in [0.25, 0.3) is 0 Å². The summed E-state index contributed by atoms with van der Waals surface area (Å²) in [7, 11) is 0. The first kappa shape index (κ1) is 11.2. The maximum atomic E-state index is 11.4. The van der Waals surface area contributed by atoms with Crippen molar-refractivity contribution in [2.24, 2.45) is 5.73 Å². The molecule has 0 aliphatic heterocycles. The average molecular weight is 217 g/mol. The van der Waals surface area contributed by atoms with Gasteiger partial charge >= 0.3 is 0 Å². The second-order valence-electron chi connectivity index (χ2n) is 4.73. The van der Waals surface area contributed by atoms with Crippen LogP contribution in [-0.4, -0.2) is 5.91 Å². The predicted molar refractivity (Wildman–Crippen MR) is 65.6 cm³/mol. The molecular formula is C14H19NO. The van der Waals surface area contributed by atoms with Gasteiger partial charge < -0.3 is 5.73 Å². The topological polar surface area (TPSA) is 43.1 Å². The number of carbonyl (C=O) groups is 1. The summed E-state index contributed by atoms with van der Waals surface area (Å²) in [5.74, 6) is -0.277. The summed E-state index contributed by atoms with van der Waals surface area (Å²) < 4.78 is 0. The number of carbonyl (C=O) groups excluding carboxylic acids is 1. The molecule has 0 heterocycles. The van der Waals surface area contributed by atoms with Gasteiger partial charge in [0.2, 0.25) is 5.91 Å². The van der Waals surface area contributed by atoms with E-state index in [4.69, 9.17) is 5.73 Å². The number of fused-ring (bicyclic) bond motifs is 1. The first-order valence-electron chi connectivity index (χ1n) is 6.10. The van der Waals surface area contributed by atoms with Crippen LogP contribution in [0.2, 0.25) is 0 Å². The van der Waals surface area contributed by atoms with Crippen LogP contribution in [0.15, 0.2) is 12.1 Å². The lowest BCUT2D eigenvalue weighted by atomic mass is 9.88. The summed E-state index contributed by atoms with van der Waals surface area (Å²) in [4.78, 5) is 11.4. The molecule has 2 nitrogen and oxygen atoms in total. The Bertz CT molecular complexity index is 409. The fourth-order valence-electron chi connectivity index (χ4n) is 2.60. The van der Waals surface area contributed by atoms with Gasteiger partial charge in [0, 0.05) is 5.56 Å². The summed E-state index contributed by atoms with van der Waals surface area (Å²) >= 11 is 0. The number of hydrogen-bond acceptors (Lipinski definition) is 1. The summed E-state index contributed by atoms with van der Waals surface area (Å²) in [5, 5.41) is 0. The van der Waals surface area contributed by atoms with Crippen molar-refractivity contribution < 1.29 is 4.79 Å². The third-order valence-corrected chi connectivity index (χ3v) is 3.37. The summed E-state index contributed by atoms with van der Waals surface area (Å²) in [6.45, 7) is 2.03. The Morgan fingerprint density at radius 2 is 1.81 bits per heavy atom. The second-order valence-corrected chi connectivity index (χ2v) is 4.73.